The molecular formula is C10H10Br4Si2. The van der Waals surface area contributed by atoms with Gasteiger partial charge in [0.2, 0.25) is 0 Å². The first-order valence-electron chi connectivity index (χ1n) is 4.72. The molecule has 0 fully saturated rings. The predicted molar refractivity (Wildman–Crippen MR) is 90.1 cm³/mol. The highest BCUT2D eigenvalue weighted by atomic mass is 79.9. The Hall–Kier alpha value is 1.57. The number of halogens is 4. The van der Waals surface area contributed by atoms with Gasteiger partial charge in [0.1, 0.15) is 0 Å². The molecule has 0 amide bonds. The molecule has 6 heteroatoms. The number of alkyl halides is 4. The van der Waals surface area contributed by atoms with Crippen LogP contribution in [0.2, 0.25) is 12.1 Å². The standard InChI is InChI=1S/C10H10Br4Si2/c11-9(12)5-15-7-1-2-8(4-3-7)16-6-10(13)14/h1-4,9-10H,5-6H2. The smallest absolute Gasteiger partial charge is 0.0768 e. The maximum atomic E-state index is 3.50. The lowest BCUT2D eigenvalue weighted by Gasteiger charge is -2.04. The molecule has 86 valence electrons. The summed E-state index contributed by atoms with van der Waals surface area (Å²) in [5, 5.41) is 2.87. The van der Waals surface area contributed by atoms with Gasteiger partial charge in [0.15, 0.2) is 0 Å². The van der Waals surface area contributed by atoms with Gasteiger partial charge < -0.3 is 0 Å². The first kappa shape index (κ1) is 15.6. The fourth-order valence-corrected chi connectivity index (χ4v) is 4.62. The lowest BCUT2D eigenvalue weighted by molar-refractivity contribution is 1.44. The van der Waals surface area contributed by atoms with Crippen LogP contribution in [0.5, 0.6) is 0 Å². The summed E-state index contributed by atoms with van der Waals surface area (Å²) in [5.74, 6) is 0. The molecule has 0 saturated heterocycles. The molecule has 0 bridgehead atoms. The molecule has 0 spiro atoms. The van der Waals surface area contributed by atoms with Crippen LogP contribution in [0, 0.1) is 0 Å². The van der Waals surface area contributed by atoms with E-state index in [2.05, 4.69) is 88.0 Å². The van der Waals surface area contributed by atoms with E-state index in [9.17, 15) is 0 Å². The number of hydrogen-bond acceptors (Lipinski definition) is 0. The monoisotopic (exact) mass is 502 g/mol. The van der Waals surface area contributed by atoms with E-state index in [4.69, 9.17) is 0 Å². The minimum absolute atomic E-state index is 0.433. The highest BCUT2D eigenvalue weighted by Crippen LogP contribution is 2.12. The number of rotatable bonds is 6. The van der Waals surface area contributed by atoms with Crippen molar-refractivity contribution in [2.45, 2.75) is 19.6 Å². The van der Waals surface area contributed by atoms with Gasteiger partial charge >= 0.3 is 0 Å². The molecule has 0 nitrogen and oxygen atoms in total. The van der Waals surface area contributed by atoms with Crippen molar-refractivity contribution in [3.05, 3.63) is 24.3 Å². The van der Waals surface area contributed by atoms with Crippen molar-refractivity contribution >= 4 is 93.1 Å². The van der Waals surface area contributed by atoms with Gasteiger partial charge in [0.25, 0.3) is 0 Å². The minimum Gasteiger partial charge on any atom is -0.0768 e. The van der Waals surface area contributed by atoms with Crippen LogP contribution in [-0.2, 0) is 0 Å². The van der Waals surface area contributed by atoms with Crippen LogP contribution < -0.4 is 10.4 Å². The average Bonchev–Trinajstić information content (AvgIpc) is 2.25. The molecule has 0 aliphatic heterocycles. The molecule has 4 radical (unpaired) electrons. The molecule has 0 heterocycles. The lowest BCUT2D eigenvalue weighted by Crippen LogP contribution is -2.21. The molecule has 0 saturated carbocycles. The predicted octanol–water partition coefficient (Wildman–Crippen LogP) is 3.41. The third kappa shape index (κ3) is 7.11. The Balaban J connectivity index is 2.41. The van der Waals surface area contributed by atoms with E-state index in [-0.39, 0.29) is 0 Å². The SMILES string of the molecule is BrC(Br)C[Si]c1ccc([Si]CC(Br)Br)cc1. The Morgan fingerprint density at radius 2 is 1.06 bits per heavy atom. The summed E-state index contributed by atoms with van der Waals surface area (Å²) in [6, 6.07) is 11.3. The zero-order valence-electron chi connectivity index (χ0n) is 8.39. The van der Waals surface area contributed by atoms with Crippen molar-refractivity contribution in [2.24, 2.45) is 0 Å². The summed E-state index contributed by atoms with van der Waals surface area (Å²) in [6.45, 7) is 0. The second kappa shape index (κ2) is 8.64. The maximum Gasteiger partial charge on any atom is 0.0828 e. The van der Waals surface area contributed by atoms with Gasteiger partial charge in [0.05, 0.1) is 26.5 Å². The summed E-state index contributed by atoms with van der Waals surface area (Å²) in [4.78, 5) is 0. The second-order valence-corrected chi connectivity index (χ2v) is 12.7. The first-order valence-corrected chi connectivity index (χ1v) is 10.8. The Morgan fingerprint density at radius 1 is 0.750 bits per heavy atom. The zero-order chi connectivity index (χ0) is 12.0. The molecule has 1 rings (SSSR count). The van der Waals surface area contributed by atoms with Crippen LogP contribution in [0.4, 0.5) is 0 Å². The fraction of sp³-hybridized carbons (Fsp3) is 0.400. The highest BCUT2D eigenvalue weighted by Gasteiger charge is 2.03. The molecule has 0 aromatic heterocycles. The molecule has 0 aliphatic rings. The lowest BCUT2D eigenvalue weighted by atomic mass is 10.4. The third-order valence-corrected chi connectivity index (χ3v) is 8.20. The fourth-order valence-electron chi connectivity index (χ4n) is 1.10. The van der Waals surface area contributed by atoms with E-state index in [1.165, 1.54) is 10.4 Å². The molecule has 1 aromatic carbocycles. The van der Waals surface area contributed by atoms with E-state index < -0.39 is 0 Å². The zero-order valence-corrected chi connectivity index (χ0v) is 16.7. The van der Waals surface area contributed by atoms with Crippen LogP contribution in [0.25, 0.3) is 0 Å². The topological polar surface area (TPSA) is 0 Å². The van der Waals surface area contributed by atoms with Crippen molar-refractivity contribution in [3.63, 3.8) is 0 Å². The van der Waals surface area contributed by atoms with Crippen molar-refractivity contribution in [1.29, 1.82) is 0 Å². The van der Waals surface area contributed by atoms with Crippen molar-refractivity contribution < 1.29 is 0 Å². The van der Waals surface area contributed by atoms with E-state index in [0.717, 1.165) is 31.1 Å². The van der Waals surface area contributed by atoms with Crippen molar-refractivity contribution in [1.82, 2.24) is 0 Å². The van der Waals surface area contributed by atoms with E-state index in [1.807, 2.05) is 0 Å². The van der Waals surface area contributed by atoms with Crippen LogP contribution >= 0.6 is 63.7 Å². The van der Waals surface area contributed by atoms with Gasteiger partial charge in [-0.3, -0.25) is 0 Å². The molecular weight excluding hydrogens is 496 g/mol. The number of hydrogen-bond donors (Lipinski definition) is 0. The van der Waals surface area contributed by atoms with Gasteiger partial charge in [-0.2, -0.15) is 0 Å². The molecule has 16 heavy (non-hydrogen) atoms. The normalized spacial score (nSPS) is 11.4. The molecule has 0 atom stereocenters. The van der Waals surface area contributed by atoms with Crippen LogP contribution in [0.15, 0.2) is 24.3 Å². The van der Waals surface area contributed by atoms with Crippen molar-refractivity contribution in [3.8, 4) is 0 Å². The van der Waals surface area contributed by atoms with Gasteiger partial charge in [-0.15, -0.1) is 0 Å². The third-order valence-electron chi connectivity index (χ3n) is 1.81. The molecule has 0 aliphatic carbocycles. The maximum absolute atomic E-state index is 3.50. The largest absolute Gasteiger partial charge is 0.0828 e. The Labute approximate surface area is 136 Å². The molecule has 0 N–H and O–H groups in total. The summed E-state index contributed by atoms with van der Waals surface area (Å²) < 4.78 is 0.866. The second-order valence-electron chi connectivity index (χ2n) is 3.12. The summed E-state index contributed by atoms with van der Waals surface area (Å²) in [5.41, 5.74) is 0. The summed E-state index contributed by atoms with van der Waals surface area (Å²) in [6.07, 6.45) is 0. The van der Waals surface area contributed by atoms with Gasteiger partial charge in [-0.05, 0) is 12.1 Å². The summed E-state index contributed by atoms with van der Waals surface area (Å²) >= 11 is 14.0. The van der Waals surface area contributed by atoms with Crippen LogP contribution in [-0.4, -0.2) is 26.5 Å². The highest BCUT2D eigenvalue weighted by molar-refractivity contribution is 9.25. The first-order chi connectivity index (χ1) is 7.58. The van der Waals surface area contributed by atoms with Gasteiger partial charge in [0, 0.05) is 0 Å². The Morgan fingerprint density at radius 3 is 1.31 bits per heavy atom. The minimum atomic E-state index is 0.433. The van der Waals surface area contributed by atoms with E-state index in [0.29, 0.717) is 7.47 Å². The van der Waals surface area contributed by atoms with Gasteiger partial charge in [-0.25, -0.2) is 0 Å². The average molecular weight is 506 g/mol. The number of benzene rings is 1. The quantitative estimate of drug-likeness (QED) is 0.411. The molecule has 1 aromatic rings. The van der Waals surface area contributed by atoms with E-state index >= 15 is 0 Å². The van der Waals surface area contributed by atoms with E-state index in [1.54, 1.807) is 0 Å². The van der Waals surface area contributed by atoms with Gasteiger partial charge in [-0.1, -0.05) is 98.4 Å². The Bertz CT molecular complexity index is 269. The molecule has 0 unspecified atom stereocenters. The summed E-state index contributed by atoms with van der Waals surface area (Å²) in [7, 11) is 1.74. The Kier molecular flexibility index (Phi) is 8.44. The van der Waals surface area contributed by atoms with Crippen LogP contribution in [0.3, 0.4) is 0 Å². The van der Waals surface area contributed by atoms with Crippen LogP contribution in [0.1, 0.15) is 0 Å². The van der Waals surface area contributed by atoms with Crippen molar-refractivity contribution in [2.75, 3.05) is 0 Å².